The van der Waals surface area contributed by atoms with Gasteiger partial charge in [-0.25, -0.2) is 4.39 Å². The van der Waals surface area contributed by atoms with Gasteiger partial charge in [-0.1, -0.05) is 6.07 Å². The van der Waals surface area contributed by atoms with E-state index >= 15 is 0 Å². The van der Waals surface area contributed by atoms with Crippen LogP contribution in [0.15, 0.2) is 18.2 Å². The first-order chi connectivity index (χ1) is 8.44. The Bertz CT molecular complexity index is 418. The zero-order valence-electron chi connectivity index (χ0n) is 9.26. The van der Waals surface area contributed by atoms with E-state index in [0.717, 1.165) is 25.2 Å². The number of benzene rings is 1. The summed E-state index contributed by atoms with van der Waals surface area (Å²) >= 11 is 0. The second-order valence-electron chi connectivity index (χ2n) is 3.90. The molecule has 1 saturated heterocycles. The van der Waals surface area contributed by atoms with Gasteiger partial charge >= 0.3 is 6.36 Å². The molecular weight excluding hydrogens is 254 g/mol. The molecule has 1 aliphatic rings. The first kappa shape index (κ1) is 13.1. The first-order valence-corrected chi connectivity index (χ1v) is 5.30. The number of hydrogen-bond donors (Lipinski definition) is 1. The average molecular weight is 265 g/mol. The highest BCUT2D eigenvalue weighted by Gasteiger charge is 2.32. The van der Waals surface area contributed by atoms with Crippen molar-refractivity contribution in [1.29, 1.82) is 0 Å². The van der Waals surface area contributed by atoms with Gasteiger partial charge in [0, 0.05) is 13.1 Å². The van der Waals surface area contributed by atoms with Gasteiger partial charge in [0.1, 0.15) is 0 Å². The molecule has 0 spiro atoms. The van der Waals surface area contributed by atoms with Crippen molar-refractivity contribution in [2.24, 2.45) is 0 Å². The topological polar surface area (TPSA) is 30.5 Å². The molecule has 1 aromatic rings. The molecule has 0 saturated carbocycles. The van der Waals surface area contributed by atoms with E-state index in [-0.39, 0.29) is 12.7 Å². The molecule has 7 heteroatoms. The van der Waals surface area contributed by atoms with Gasteiger partial charge in [0.25, 0.3) is 0 Å². The Labute approximate surface area is 101 Å². The van der Waals surface area contributed by atoms with Crippen LogP contribution in [-0.2, 0) is 11.3 Å². The highest BCUT2D eigenvalue weighted by Crippen LogP contribution is 2.26. The predicted octanol–water partition coefficient (Wildman–Crippen LogP) is 2.21. The molecule has 0 atom stereocenters. The molecule has 0 radical (unpaired) electrons. The Hall–Kier alpha value is -1.34. The zero-order chi connectivity index (χ0) is 13.2. The second-order valence-corrected chi connectivity index (χ2v) is 3.90. The van der Waals surface area contributed by atoms with Crippen LogP contribution in [-0.4, -0.2) is 25.6 Å². The largest absolute Gasteiger partial charge is 0.573 e. The van der Waals surface area contributed by atoms with Crippen LogP contribution in [0.3, 0.4) is 0 Å². The fourth-order valence-electron chi connectivity index (χ4n) is 1.44. The maximum absolute atomic E-state index is 13.3. The van der Waals surface area contributed by atoms with Crippen LogP contribution in [0.5, 0.6) is 5.75 Å². The van der Waals surface area contributed by atoms with Crippen molar-refractivity contribution in [3.8, 4) is 5.75 Å². The Morgan fingerprint density at radius 2 is 2.00 bits per heavy atom. The van der Waals surface area contributed by atoms with Gasteiger partial charge in [-0.15, -0.1) is 13.2 Å². The van der Waals surface area contributed by atoms with Crippen molar-refractivity contribution >= 4 is 0 Å². The smallest absolute Gasteiger partial charge is 0.403 e. The van der Waals surface area contributed by atoms with Gasteiger partial charge in [-0.2, -0.15) is 0 Å². The molecule has 1 N–H and O–H groups in total. The van der Waals surface area contributed by atoms with Crippen molar-refractivity contribution < 1.29 is 27.0 Å². The summed E-state index contributed by atoms with van der Waals surface area (Å²) in [5.74, 6) is -1.89. The molecule has 0 unspecified atom stereocenters. The van der Waals surface area contributed by atoms with E-state index in [2.05, 4.69) is 10.1 Å². The van der Waals surface area contributed by atoms with Gasteiger partial charge in [0.05, 0.1) is 12.7 Å². The molecular formula is C11H11F4NO2. The minimum atomic E-state index is -4.89. The number of ether oxygens (including phenoxy) is 2. The fraction of sp³-hybridized carbons (Fsp3) is 0.455. The van der Waals surface area contributed by atoms with Crippen LogP contribution < -0.4 is 10.1 Å². The van der Waals surface area contributed by atoms with Crippen LogP contribution in [0, 0.1) is 5.82 Å². The third kappa shape index (κ3) is 3.58. The molecule has 0 aliphatic carbocycles. The standard InChI is InChI=1S/C11H11F4NO2/c12-9-3-7(6-17-8-4-16-5-8)1-2-10(9)18-11(13,14)15/h1-3,8,16H,4-6H2. The molecule has 0 amide bonds. The molecule has 1 heterocycles. The lowest BCUT2D eigenvalue weighted by molar-refractivity contribution is -0.275. The van der Waals surface area contributed by atoms with Gasteiger partial charge < -0.3 is 14.8 Å². The summed E-state index contributed by atoms with van der Waals surface area (Å²) in [6, 6.07) is 3.27. The zero-order valence-corrected chi connectivity index (χ0v) is 9.26. The maximum atomic E-state index is 13.3. The minimum Gasteiger partial charge on any atom is -0.403 e. The van der Waals surface area contributed by atoms with Crippen molar-refractivity contribution in [1.82, 2.24) is 5.32 Å². The van der Waals surface area contributed by atoms with Crippen molar-refractivity contribution in [2.75, 3.05) is 13.1 Å². The number of hydrogen-bond acceptors (Lipinski definition) is 3. The average Bonchev–Trinajstić information content (AvgIpc) is 2.18. The summed E-state index contributed by atoms with van der Waals surface area (Å²) in [6.45, 7) is 1.63. The Morgan fingerprint density at radius 1 is 1.28 bits per heavy atom. The second kappa shape index (κ2) is 5.11. The molecule has 1 aromatic carbocycles. The Morgan fingerprint density at radius 3 is 2.50 bits per heavy atom. The summed E-state index contributed by atoms with van der Waals surface area (Å²) in [5.41, 5.74) is 0.467. The monoisotopic (exact) mass is 265 g/mol. The molecule has 1 aliphatic heterocycles. The summed E-state index contributed by atoms with van der Waals surface area (Å²) in [5, 5.41) is 3.00. The third-order valence-electron chi connectivity index (χ3n) is 2.45. The van der Waals surface area contributed by atoms with Gasteiger partial charge in [-0.3, -0.25) is 0 Å². The maximum Gasteiger partial charge on any atom is 0.573 e. The fourth-order valence-corrected chi connectivity index (χ4v) is 1.44. The molecule has 100 valence electrons. The van der Waals surface area contributed by atoms with E-state index in [1.165, 1.54) is 6.07 Å². The number of halogens is 4. The first-order valence-electron chi connectivity index (χ1n) is 5.30. The quantitative estimate of drug-likeness (QED) is 0.847. The van der Waals surface area contributed by atoms with Crippen LogP contribution in [0.1, 0.15) is 5.56 Å². The SMILES string of the molecule is Fc1cc(COC2CNC2)ccc1OC(F)(F)F. The van der Waals surface area contributed by atoms with Gasteiger partial charge in [-0.05, 0) is 17.7 Å². The van der Waals surface area contributed by atoms with Gasteiger partial charge in [0.15, 0.2) is 11.6 Å². The molecule has 0 aromatic heterocycles. The summed E-state index contributed by atoms with van der Waals surface area (Å²) in [7, 11) is 0. The Balaban J connectivity index is 1.95. The van der Waals surface area contributed by atoms with E-state index in [1.54, 1.807) is 0 Å². The van der Waals surface area contributed by atoms with Crippen LogP contribution in [0.4, 0.5) is 17.6 Å². The van der Waals surface area contributed by atoms with Crippen molar-refractivity contribution in [3.05, 3.63) is 29.6 Å². The summed E-state index contributed by atoms with van der Waals surface area (Å²) < 4.78 is 57.9. The van der Waals surface area contributed by atoms with E-state index < -0.39 is 17.9 Å². The van der Waals surface area contributed by atoms with E-state index in [4.69, 9.17) is 4.74 Å². The summed E-state index contributed by atoms with van der Waals surface area (Å²) in [6.07, 6.45) is -4.81. The highest BCUT2D eigenvalue weighted by molar-refractivity contribution is 5.29. The predicted molar refractivity (Wildman–Crippen MR) is 54.5 cm³/mol. The third-order valence-corrected chi connectivity index (χ3v) is 2.45. The minimum absolute atomic E-state index is 0.0826. The normalized spacial score (nSPS) is 16.4. The lowest BCUT2D eigenvalue weighted by Gasteiger charge is -2.27. The molecule has 3 nitrogen and oxygen atoms in total. The van der Waals surface area contributed by atoms with Crippen LogP contribution in [0.25, 0.3) is 0 Å². The molecule has 1 fully saturated rings. The van der Waals surface area contributed by atoms with Crippen molar-refractivity contribution in [2.45, 2.75) is 19.1 Å². The van der Waals surface area contributed by atoms with Crippen molar-refractivity contribution in [3.63, 3.8) is 0 Å². The van der Waals surface area contributed by atoms with Crippen LogP contribution in [0.2, 0.25) is 0 Å². The molecule has 2 rings (SSSR count). The highest BCUT2D eigenvalue weighted by atomic mass is 19.4. The van der Waals surface area contributed by atoms with E-state index in [0.29, 0.717) is 5.56 Å². The Kier molecular flexibility index (Phi) is 3.72. The summed E-state index contributed by atoms with van der Waals surface area (Å²) in [4.78, 5) is 0. The molecule has 0 bridgehead atoms. The van der Waals surface area contributed by atoms with E-state index in [1.807, 2.05) is 0 Å². The lowest BCUT2D eigenvalue weighted by atomic mass is 10.2. The van der Waals surface area contributed by atoms with Gasteiger partial charge in [0.2, 0.25) is 0 Å². The number of nitrogens with one attached hydrogen (secondary N) is 1. The van der Waals surface area contributed by atoms with E-state index in [9.17, 15) is 17.6 Å². The number of alkyl halides is 3. The molecule has 18 heavy (non-hydrogen) atoms. The number of rotatable bonds is 4. The lowest BCUT2D eigenvalue weighted by Crippen LogP contribution is -2.48. The van der Waals surface area contributed by atoms with Crippen LogP contribution >= 0.6 is 0 Å².